The number of aromatic nitrogens is 1. The van der Waals surface area contributed by atoms with Crippen molar-refractivity contribution in [2.75, 3.05) is 23.3 Å². The number of aryl methyl sites for hydroxylation is 1. The van der Waals surface area contributed by atoms with E-state index in [0.717, 1.165) is 47.4 Å². The van der Waals surface area contributed by atoms with Gasteiger partial charge in [-0.15, -0.1) is 0 Å². The van der Waals surface area contributed by atoms with Crippen LogP contribution >= 0.6 is 0 Å². The Morgan fingerprint density at radius 1 is 1.12 bits per heavy atom. The number of hydrogen-bond acceptors (Lipinski definition) is 4. The van der Waals surface area contributed by atoms with Crippen molar-refractivity contribution in [2.24, 2.45) is 23.2 Å². The van der Waals surface area contributed by atoms with Crippen LogP contribution in [-0.2, 0) is 4.79 Å². The van der Waals surface area contributed by atoms with Crippen molar-refractivity contribution in [2.45, 2.75) is 64.3 Å². The number of anilines is 2. The molecule has 1 aliphatic heterocycles. The van der Waals surface area contributed by atoms with Gasteiger partial charge in [-0.25, -0.2) is 9.78 Å². The fourth-order valence-electron chi connectivity index (χ4n) is 7.93. The van der Waals surface area contributed by atoms with E-state index in [0.29, 0.717) is 24.3 Å². The number of fused-ring (bicyclic) bond motifs is 1. The molecule has 1 aromatic heterocycles. The first-order valence-corrected chi connectivity index (χ1v) is 12.8. The normalized spacial score (nSPS) is 31.7. The Labute approximate surface area is 200 Å². The Bertz CT molecular complexity index is 1100. The predicted octanol–water partition coefficient (Wildman–Crippen LogP) is 4.93. The molecule has 4 aliphatic carbocycles. The van der Waals surface area contributed by atoms with Crippen molar-refractivity contribution >= 4 is 34.4 Å². The van der Waals surface area contributed by atoms with Crippen LogP contribution in [0.3, 0.4) is 0 Å². The van der Waals surface area contributed by atoms with Crippen LogP contribution in [0.4, 0.5) is 16.3 Å². The van der Waals surface area contributed by atoms with Gasteiger partial charge in [-0.1, -0.05) is 6.07 Å². The second-order valence-corrected chi connectivity index (χ2v) is 11.4. The van der Waals surface area contributed by atoms with Gasteiger partial charge in [-0.3, -0.25) is 9.69 Å². The predicted molar refractivity (Wildman–Crippen MR) is 132 cm³/mol. The highest BCUT2D eigenvalue weighted by molar-refractivity contribution is 6.03. The topological polar surface area (TPSA) is 94.6 Å². The van der Waals surface area contributed by atoms with Gasteiger partial charge in [0.2, 0.25) is 5.91 Å². The van der Waals surface area contributed by atoms with Crippen molar-refractivity contribution in [1.29, 1.82) is 0 Å². The third-order valence-corrected chi connectivity index (χ3v) is 8.88. The van der Waals surface area contributed by atoms with Gasteiger partial charge >= 0.3 is 6.09 Å². The molecule has 2 heterocycles. The SMILES string of the molecule is Cc1ccc2nc(N(C(=O)O)[C@H]3CCNC3)ccc2c1NC(=O)CC12CC3CC(CC(C3)C1)C2. The van der Waals surface area contributed by atoms with Crippen molar-refractivity contribution < 1.29 is 14.7 Å². The van der Waals surface area contributed by atoms with Gasteiger partial charge in [0.15, 0.2) is 0 Å². The Morgan fingerprint density at radius 3 is 2.44 bits per heavy atom. The fourth-order valence-corrected chi connectivity index (χ4v) is 7.93. The summed E-state index contributed by atoms with van der Waals surface area (Å²) in [6.45, 7) is 3.44. The van der Waals surface area contributed by atoms with Crippen LogP contribution < -0.4 is 15.5 Å². The zero-order valence-corrected chi connectivity index (χ0v) is 19.8. The van der Waals surface area contributed by atoms with Gasteiger partial charge < -0.3 is 15.7 Å². The number of carbonyl (C=O) groups is 2. The zero-order valence-electron chi connectivity index (χ0n) is 19.8. The lowest BCUT2D eigenvalue weighted by Gasteiger charge is -2.56. The lowest BCUT2D eigenvalue weighted by atomic mass is 9.49. The highest BCUT2D eigenvalue weighted by Gasteiger charge is 2.51. The largest absolute Gasteiger partial charge is 0.465 e. The average Bonchev–Trinajstić information content (AvgIpc) is 3.28. The highest BCUT2D eigenvalue weighted by Crippen LogP contribution is 2.61. The Morgan fingerprint density at radius 2 is 1.82 bits per heavy atom. The first kappa shape index (κ1) is 21.8. The molecule has 34 heavy (non-hydrogen) atoms. The molecule has 5 aliphatic rings. The van der Waals surface area contributed by atoms with Gasteiger partial charge in [0.25, 0.3) is 0 Å². The molecule has 0 spiro atoms. The molecule has 2 aromatic rings. The molecular weight excluding hydrogens is 428 g/mol. The van der Waals surface area contributed by atoms with Crippen LogP contribution in [0.25, 0.3) is 10.9 Å². The minimum Gasteiger partial charge on any atom is -0.465 e. The van der Waals surface area contributed by atoms with E-state index in [1.54, 1.807) is 6.07 Å². The molecule has 1 aromatic carbocycles. The lowest BCUT2D eigenvalue weighted by Crippen LogP contribution is -2.47. The van der Waals surface area contributed by atoms with Crippen molar-refractivity contribution in [3.63, 3.8) is 0 Å². The van der Waals surface area contributed by atoms with E-state index in [2.05, 4.69) is 10.6 Å². The van der Waals surface area contributed by atoms with Gasteiger partial charge in [0.1, 0.15) is 5.82 Å². The highest BCUT2D eigenvalue weighted by atomic mass is 16.4. The Balaban J connectivity index is 1.25. The van der Waals surface area contributed by atoms with Crippen molar-refractivity contribution in [3.05, 3.63) is 29.8 Å². The molecule has 5 fully saturated rings. The van der Waals surface area contributed by atoms with E-state index in [9.17, 15) is 14.7 Å². The van der Waals surface area contributed by atoms with E-state index >= 15 is 0 Å². The molecule has 7 nitrogen and oxygen atoms in total. The van der Waals surface area contributed by atoms with Gasteiger partial charge in [0, 0.05) is 18.4 Å². The van der Waals surface area contributed by atoms with Gasteiger partial charge in [0.05, 0.1) is 17.2 Å². The third kappa shape index (κ3) is 3.84. The summed E-state index contributed by atoms with van der Waals surface area (Å²) in [5, 5.41) is 17.1. The molecule has 7 rings (SSSR count). The second kappa shape index (κ2) is 8.22. The number of carboxylic acid groups (broad SMARTS) is 1. The average molecular weight is 463 g/mol. The van der Waals surface area contributed by atoms with Crippen LogP contribution in [0.5, 0.6) is 0 Å². The smallest absolute Gasteiger partial charge is 0.413 e. The number of benzene rings is 1. The van der Waals surface area contributed by atoms with E-state index in [1.807, 2.05) is 25.1 Å². The Kier molecular flexibility index (Phi) is 5.28. The summed E-state index contributed by atoms with van der Waals surface area (Å²) < 4.78 is 0. The van der Waals surface area contributed by atoms with E-state index in [-0.39, 0.29) is 17.4 Å². The monoisotopic (exact) mass is 462 g/mol. The number of amides is 2. The first-order valence-electron chi connectivity index (χ1n) is 12.8. The fraction of sp³-hybridized carbons (Fsp3) is 0.593. The number of carbonyl (C=O) groups excluding carboxylic acids is 1. The third-order valence-electron chi connectivity index (χ3n) is 8.88. The minimum absolute atomic E-state index is 0.103. The van der Waals surface area contributed by atoms with Gasteiger partial charge in [-0.2, -0.15) is 0 Å². The maximum absolute atomic E-state index is 13.3. The standard InChI is InChI=1S/C27H34N4O3/c1-16-2-4-22-21(3-5-23(29-22)31(26(33)34)20-6-7-28-15-20)25(16)30-24(32)14-27-11-17-8-18(12-27)10-19(9-17)13-27/h2-5,17-20,28H,6-15H2,1H3,(H,30,32)(H,33,34)/t17?,18?,19?,20-,27?/m0/s1. The summed E-state index contributed by atoms with van der Waals surface area (Å²) in [6.07, 6.45) is 8.17. The van der Waals surface area contributed by atoms with Crippen LogP contribution in [-0.4, -0.2) is 41.2 Å². The molecule has 180 valence electrons. The molecule has 0 radical (unpaired) electrons. The summed E-state index contributed by atoms with van der Waals surface area (Å²) in [7, 11) is 0. The maximum Gasteiger partial charge on any atom is 0.413 e. The lowest BCUT2D eigenvalue weighted by molar-refractivity contribution is -0.124. The number of pyridine rings is 1. The minimum atomic E-state index is -0.989. The number of nitrogens with zero attached hydrogens (tertiary/aromatic N) is 2. The molecule has 2 amide bonds. The molecule has 4 saturated carbocycles. The molecule has 7 heteroatoms. The molecule has 1 atom stereocenters. The van der Waals surface area contributed by atoms with Crippen LogP contribution in [0, 0.1) is 30.1 Å². The molecule has 1 saturated heterocycles. The number of hydrogen-bond donors (Lipinski definition) is 3. The van der Waals surface area contributed by atoms with Crippen LogP contribution in [0.15, 0.2) is 24.3 Å². The molecule has 4 bridgehead atoms. The van der Waals surface area contributed by atoms with Crippen LogP contribution in [0.2, 0.25) is 0 Å². The van der Waals surface area contributed by atoms with E-state index in [4.69, 9.17) is 4.98 Å². The summed E-state index contributed by atoms with van der Waals surface area (Å²) in [5.41, 5.74) is 2.69. The van der Waals surface area contributed by atoms with Gasteiger partial charge in [-0.05, 0) is 105 Å². The summed E-state index contributed by atoms with van der Waals surface area (Å²) in [4.78, 5) is 31.4. The number of nitrogens with one attached hydrogen (secondary N) is 2. The first-order chi connectivity index (χ1) is 16.4. The molecular formula is C27H34N4O3. The summed E-state index contributed by atoms with van der Waals surface area (Å²) in [5.74, 6) is 3.02. The quantitative estimate of drug-likeness (QED) is 0.585. The number of rotatable bonds is 5. The van der Waals surface area contributed by atoms with Crippen molar-refractivity contribution in [1.82, 2.24) is 10.3 Å². The summed E-state index contributed by atoms with van der Waals surface area (Å²) in [6, 6.07) is 7.43. The molecule has 0 unspecified atom stereocenters. The summed E-state index contributed by atoms with van der Waals surface area (Å²) >= 11 is 0. The van der Waals surface area contributed by atoms with E-state index in [1.165, 1.54) is 43.4 Å². The Hall–Kier alpha value is -2.67. The second-order valence-electron chi connectivity index (χ2n) is 11.4. The zero-order chi connectivity index (χ0) is 23.4. The van der Waals surface area contributed by atoms with Crippen molar-refractivity contribution in [3.8, 4) is 0 Å². The maximum atomic E-state index is 13.3. The molecule has 3 N–H and O–H groups in total. The van der Waals surface area contributed by atoms with E-state index < -0.39 is 6.09 Å². The van der Waals surface area contributed by atoms with Crippen LogP contribution in [0.1, 0.15) is 56.9 Å².